The first-order valence-electron chi connectivity index (χ1n) is 12.5. The number of piperidine rings is 1. The van der Waals surface area contributed by atoms with Crippen molar-refractivity contribution in [1.29, 1.82) is 5.26 Å². The lowest BCUT2D eigenvalue weighted by molar-refractivity contribution is -0.168. The van der Waals surface area contributed by atoms with Crippen LogP contribution in [0.25, 0.3) is 16.9 Å². The van der Waals surface area contributed by atoms with E-state index < -0.39 is 5.60 Å². The van der Waals surface area contributed by atoms with Crippen molar-refractivity contribution in [2.45, 2.75) is 76.9 Å². The molecule has 2 aliphatic carbocycles. The molecule has 4 heterocycles. The predicted octanol–water partition coefficient (Wildman–Crippen LogP) is 4.63. The van der Waals surface area contributed by atoms with E-state index in [1.165, 1.54) is 5.56 Å². The molecule has 0 N–H and O–H groups in total. The zero-order valence-electron chi connectivity index (χ0n) is 20.5. The minimum absolute atomic E-state index is 0.0490. The molecular formula is C27H30N6O2. The highest BCUT2D eigenvalue weighted by Gasteiger charge is 2.52. The summed E-state index contributed by atoms with van der Waals surface area (Å²) in [5.74, 6) is 1.39. The molecule has 3 fully saturated rings. The molecule has 8 heteroatoms. The summed E-state index contributed by atoms with van der Waals surface area (Å²) in [6, 6.07) is 8.16. The van der Waals surface area contributed by atoms with Crippen molar-refractivity contribution in [1.82, 2.24) is 19.6 Å². The lowest BCUT2D eigenvalue weighted by Gasteiger charge is -2.40. The van der Waals surface area contributed by atoms with Crippen molar-refractivity contribution < 1.29 is 9.53 Å². The number of nitrogens with zero attached hydrogens (tertiary/aromatic N) is 6. The average molecular weight is 471 g/mol. The maximum atomic E-state index is 13.1. The second kappa shape index (κ2) is 7.77. The fourth-order valence-electron chi connectivity index (χ4n) is 5.86. The fourth-order valence-corrected chi connectivity index (χ4v) is 5.86. The van der Waals surface area contributed by atoms with Crippen molar-refractivity contribution in [3.8, 4) is 17.5 Å². The molecule has 2 atom stereocenters. The summed E-state index contributed by atoms with van der Waals surface area (Å²) in [4.78, 5) is 24.8. The minimum atomic E-state index is -0.474. The van der Waals surface area contributed by atoms with E-state index in [-0.39, 0.29) is 17.4 Å². The number of pyridine rings is 1. The topological polar surface area (TPSA) is 96.4 Å². The normalized spacial score (nSPS) is 23.9. The van der Waals surface area contributed by atoms with Crippen LogP contribution in [0, 0.1) is 16.7 Å². The predicted molar refractivity (Wildman–Crippen MR) is 131 cm³/mol. The van der Waals surface area contributed by atoms with Crippen LogP contribution in [0.5, 0.6) is 0 Å². The van der Waals surface area contributed by atoms with E-state index in [9.17, 15) is 10.1 Å². The number of hydrogen-bond acceptors (Lipinski definition) is 7. The van der Waals surface area contributed by atoms with Gasteiger partial charge in [0.25, 0.3) is 0 Å². The minimum Gasteiger partial charge on any atom is -0.460 e. The molecule has 180 valence electrons. The van der Waals surface area contributed by atoms with Crippen LogP contribution in [-0.4, -0.2) is 43.7 Å². The second-order valence-corrected chi connectivity index (χ2v) is 11.3. The van der Waals surface area contributed by atoms with Crippen LogP contribution >= 0.6 is 0 Å². The number of carbonyl (C=O) groups is 1. The molecule has 1 saturated heterocycles. The first-order valence-corrected chi connectivity index (χ1v) is 12.5. The van der Waals surface area contributed by atoms with E-state index in [2.05, 4.69) is 27.1 Å². The Morgan fingerprint density at radius 1 is 1.20 bits per heavy atom. The van der Waals surface area contributed by atoms with Gasteiger partial charge in [-0.05, 0) is 89.0 Å². The summed E-state index contributed by atoms with van der Waals surface area (Å²) in [5.41, 5.74) is 3.62. The van der Waals surface area contributed by atoms with E-state index in [0.29, 0.717) is 11.5 Å². The Hall–Kier alpha value is -3.47. The third-order valence-electron chi connectivity index (χ3n) is 7.69. The molecule has 3 aliphatic rings. The Kier molecular flexibility index (Phi) is 4.89. The van der Waals surface area contributed by atoms with Crippen LogP contribution in [0.1, 0.15) is 76.3 Å². The summed E-state index contributed by atoms with van der Waals surface area (Å²) >= 11 is 0. The largest absolute Gasteiger partial charge is 0.460 e. The van der Waals surface area contributed by atoms with E-state index in [1.54, 1.807) is 18.6 Å². The highest BCUT2D eigenvalue weighted by atomic mass is 16.6. The molecule has 1 aliphatic heterocycles. The molecule has 2 unspecified atom stereocenters. The van der Waals surface area contributed by atoms with Crippen molar-refractivity contribution in [3.63, 3.8) is 0 Å². The van der Waals surface area contributed by atoms with Crippen molar-refractivity contribution in [3.05, 3.63) is 41.9 Å². The van der Waals surface area contributed by atoms with Gasteiger partial charge in [-0.2, -0.15) is 10.4 Å². The van der Waals surface area contributed by atoms with Crippen molar-refractivity contribution in [2.75, 3.05) is 11.4 Å². The van der Waals surface area contributed by atoms with Crippen molar-refractivity contribution in [2.24, 2.45) is 5.41 Å². The van der Waals surface area contributed by atoms with Crippen LogP contribution in [0.15, 0.2) is 30.7 Å². The number of carbonyl (C=O) groups excluding carboxylic acids is 1. The number of ether oxygens (including phenoxy) is 1. The monoisotopic (exact) mass is 470 g/mol. The van der Waals surface area contributed by atoms with Gasteiger partial charge in [-0.3, -0.25) is 9.78 Å². The van der Waals surface area contributed by atoms with Gasteiger partial charge >= 0.3 is 5.97 Å². The number of aromatic nitrogens is 4. The Balaban J connectivity index is 1.39. The quantitative estimate of drug-likeness (QED) is 0.513. The van der Waals surface area contributed by atoms with Crippen LogP contribution in [0.4, 0.5) is 5.82 Å². The molecule has 3 aromatic rings. The van der Waals surface area contributed by atoms with E-state index in [4.69, 9.17) is 9.72 Å². The Labute approximate surface area is 204 Å². The SMILES string of the molecule is CC(C)(C)OC(=O)C12CCC(C1)N(c1ncnn3c(-c4cc(C#N)ccn4)cc(C4CC4)c13)CC2. The van der Waals surface area contributed by atoms with Gasteiger partial charge in [0.05, 0.1) is 28.4 Å². The highest BCUT2D eigenvalue weighted by Crippen LogP contribution is 2.51. The molecule has 3 aromatic heterocycles. The molecule has 2 saturated carbocycles. The molecule has 0 aromatic carbocycles. The molecule has 0 radical (unpaired) electrons. The van der Waals surface area contributed by atoms with E-state index in [0.717, 1.165) is 67.8 Å². The van der Waals surface area contributed by atoms with Gasteiger partial charge in [0.2, 0.25) is 0 Å². The lowest BCUT2D eigenvalue weighted by atomic mass is 9.80. The first-order chi connectivity index (χ1) is 16.8. The summed E-state index contributed by atoms with van der Waals surface area (Å²) in [7, 11) is 0. The standard InChI is InChI=1S/C27H30N6O2/c1-26(2,3)35-25(34)27-8-6-19(14-27)32(11-9-27)24-23-20(18-4-5-18)13-22(33(23)31-16-30-24)21-12-17(15-28)7-10-29-21/h7,10,12-13,16,18-19H,4-6,8-9,11,14H2,1-3H3. The maximum absolute atomic E-state index is 13.1. The summed E-state index contributed by atoms with van der Waals surface area (Å²) < 4.78 is 7.77. The van der Waals surface area contributed by atoms with Crippen LogP contribution < -0.4 is 4.90 Å². The number of rotatable bonds is 4. The number of nitriles is 1. The number of anilines is 1. The molecule has 8 nitrogen and oxygen atoms in total. The number of esters is 1. The molecule has 0 amide bonds. The third kappa shape index (κ3) is 3.74. The average Bonchev–Trinajstić information content (AvgIpc) is 3.52. The van der Waals surface area contributed by atoms with Crippen LogP contribution in [-0.2, 0) is 9.53 Å². The summed E-state index contributed by atoms with van der Waals surface area (Å²) in [6.07, 6.45) is 8.98. The van der Waals surface area contributed by atoms with Gasteiger partial charge in [-0.25, -0.2) is 9.50 Å². The smallest absolute Gasteiger partial charge is 0.312 e. The van der Waals surface area contributed by atoms with E-state index >= 15 is 0 Å². The number of fused-ring (bicyclic) bond motifs is 3. The molecule has 35 heavy (non-hydrogen) atoms. The Morgan fingerprint density at radius 2 is 2.03 bits per heavy atom. The van der Waals surface area contributed by atoms with Gasteiger partial charge in [0.1, 0.15) is 17.4 Å². The second-order valence-electron chi connectivity index (χ2n) is 11.3. The summed E-state index contributed by atoms with van der Waals surface area (Å²) in [5, 5.41) is 14.0. The van der Waals surface area contributed by atoms with Gasteiger partial charge in [-0.15, -0.1) is 0 Å². The Bertz CT molecular complexity index is 1360. The fraction of sp³-hybridized carbons (Fsp3) is 0.519. The molecule has 0 spiro atoms. The summed E-state index contributed by atoms with van der Waals surface area (Å²) in [6.45, 7) is 6.58. The first kappa shape index (κ1) is 22.0. The van der Waals surface area contributed by atoms with Crippen LogP contribution in [0.2, 0.25) is 0 Å². The Morgan fingerprint density at radius 3 is 2.77 bits per heavy atom. The third-order valence-corrected chi connectivity index (χ3v) is 7.69. The van der Waals surface area contributed by atoms with Gasteiger partial charge in [-0.1, -0.05) is 0 Å². The number of hydrogen-bond donors (Lipinski definition) is 0. The van der Waals surface area contributed by atoms with Gasteiger partial charge < -0.3 is 9.64 Å². The molecule has 2 bridgehead atoms. The van der Waals surface area contributed by atoms with Gasteiger partial charge in [0.15, 0.2) is 5.82 Å². The maximum Gasteiger partial charge on any atom is 0.312 e. The zero-order chi connectivity index (χ0) is 24.4. The molecular weight excluding hydrogens is 440 g/mol. The zero-order valence-corrected chi connectivity index (χ0v) is 20.5. The lowest BCUT2D eigenvalue weighted by Crippen LogP contribution is -2.46. The van der Waals surface area contributed by atoms with Crippen LogP contribution in [0.3, 0.4) is 0 Å². The highest BCUT2D eigenvalue weighted by molar-refractivity contribution is 5.82. The van der Waals surface area contributed by atoms with Crippen molar-refractivity contribution >= 4 is 17.3 Å². The molecule has 6 rings (SSSR count). The van der Waals surface area contributed by atoms with Gasteiger partial charge in [0, 0.05) is 18.8 Å². The van der Waals surface area contributed by atoms with E-state index in [1.807, 2.05) is 31.4 Å².